The van der Waals surface area contributed by atoms with E-state index in [2.05, 4.69) is 52.0 Å². The Labute approximate surface area is 166 Å². The molecule has 1 amide bonds. The van der Waals surface area contributed by atoms with Crippen molar-refractivity contribution in [1.82, 2.24) is 9.80 Å². The van der Waals surface area contributed by atoms with E-state index in [1.165, 1.54) is 5.56 Å². The number of rotatable bonds is 5. The van der Waals surface area contributed by atoms with Crippen molar-refractivity contribution in [1.29, 1.82) is 0 Å². The topological polar surface area (TPSA) is 49.6 Å². The molecule has 2 atom stereocenters. The molecule has 0 spiro atoms. The van der Waals surface area contributed by atoms with Gasteiger partial charge in [0.25, 0.3) is 0 Å². The van der Waals surface area contributed by atoms with Gasteiger partial charge in [0.05, 0.1) is 0 Å². The highest BCUT2D eigenvalue weighted by molar-refractivity contribution is 9.10. The molecule has 0 bridgehead atoms. The fourth-order valence-electron chi connectivity index (χ4n) is 2.82. The molecule has 0 aromatic heterocycles. The molecular formula is C17H28BrCl2N3O. The van der Waals surface area contributed by atoms with Crippen molar-refractivity contribution in [3.05, 3.63) is 34.3 Å². The van der Waals surface area contributed by atoms with E-state index in [1.54, 1.807) is 0 Å². The van der Waals surface area contributed by atoms with E-state index in [9.17, 15) is 4.79 Å². The molecular weight excluding hydrogens is 413 g/mol. The van der Waals surface area contributed by atoms with Gasteiger partial charge < -0.3 is 10.6 Å². The third-order valence-electron chi connectivity index (χ3n) is 4.38. The average molecular weight is 441 g/mol. The van der Waals surface area contributed by atoms with Crippen molar-refractivity contribution in [2.24, 2.45) is 5.73 Å². The summed E-state index contributed by atoms with van der Waals surface area (Å²) in [4.78, 5) is 16.6. The van der Waals surface area contributed by atoms with Crippen molar-refractivity contribution in [3.63, 3.8) is 0 Å². The minimum Gasteiger partial charge on any atom is -0.340 e. The molecule has 2 rings (SSSR count). The smallest absolute Gasteiger partial charge is 0.222 e. The molecule has 0 saturated carbocycles. The molecule has 0 radical (unpaired) electrons. The molecule has 24 heavy (non-hydrogen) atoms. The van der Waals surface area contributed by atoms with E-state index in [4.69, 9.17) is 5.73 Å². The fourth-order valence-corrected chi connectivity index (χ4v) is 3.08. The first-order chi connectivity index (χ1) is 10.5. The van der Waals surface area contributed by atoms with Crippen molar-refractivity contribution in [2.45, 2.75) is 38.8 Å². The van der Waals surface area contributed by atoms with Crippen molar-refractivity contribution in [2.75, 3.05) is 26.2 Å². The Bertz CT molecular complexity index is 491. The number of carbonyl (C=O) groups excluding carboxylic acids is 1. The van der Waals surface area contributed by atoms with E-state index in [-0.39, 0.29) is 36.8 Å². The van der Waals surface area contributed by atoms with E-state index >= 15 is 0 Å². The van der Waals surface area contributed by atoms with Gasteiger partial charge in [0, 0.05) is 49.2 Å². The summed E-state index contributed by atoms with van der Waals surface area (Å²) in [6.45, 7) is 7.68. The first kappa shape index (κ1) is 23.7. The maximum Gasteiger partial charge on any atom is 0.222 e. The largest absolute Gasteiger partial charge is 0.340 e. The Kier molecular flexibility index (Phi) is 11.2. The van der Waals surface area contributed by atoms with Gasteiger partial charge in [-0.2, -0.15) is 0 Å². The molecule has 1 saturated heterocycles. The molecule has 138 valence electrons. The van der Waals surface area contributed by atoms with Crippen LogP contribution in [0, 0.1) is 0 Å². The molecule has 1 aliphatic heterocycles. The highest BCUT2D eigenvalue weighted by Gasteiger charge is 2.24. The van der Waals surface area contributed by atoms with Gasteiger partial charge in [-0.25, -0.2) is 0 Å². The Morgan fingerprint density at radius 3 is 2.17 bits per heavy atom. The van der Waals surface area contributed by atoms with Gasteiger partial charge in [-0.05, 0) is 38.0 Å². The van der Waals surface area contributed by atoms with Crippen molar-refractivity contribution in [3.8, 4) is 0 Å². The molecule has 1 fully saturated rings. The van der Waals surface area contributed by atoms with E-state index < -0.39 is 0 Å². The summed E-state index contributed by atoms with van der Waals surface area (Å²) in [6, 6.07) is 8.97. The zero-order valence-corrected chi connectivity index (χ0v) is 17.5. The summed E-state index contributed by atoms with van der Waals surface area (Å²) in [6.07, 6.45) is 1.34. The quantitative estimate of drug-likeness (QED) is 0.760. The predicted octanol–water partition coefficient (Wildman–Crippen LogP) is 3.63. The maximum absolute atomic E-state index is 12.1. The predicted molar refractivity (Wildman–Crippen MR) is 108 cm³/mol. The van der Waals surface area contributed by atoms with E-state index in [0.717, 1.165) is 37.1 Å². The number of piperazine rings is 1. The van der Waals surface area contributed by atoms with Crippen LogP contribution in [0.4, 0.5) is 0 Å². The van der Waals surface area contributed by atoms with Gasteiger partial charge in [0.1, 0.15) is 0 Å². The number of hydrogen-bond donors (Lipinski definition) is 1. The first-order valence-electron chi connectivity index (χ1n) is 8.00. The molecule has 1 heterocycles. The van der Waals surface area contributed by atoms with Crippen LogP contribution in [0.25, 0.3) is 0 Å². The van der Waals surface area contributed by atoms with Crippen LogP contribution in [-0.4, -0.2) is 47.9 Å². The molecule has 1 aliphatic rings. The Morgan fingerprint density at radius 2 is 1.67 bits per heavy atom. The lowest BCUT2D eigenvalue weighted by Gasteiger charge is -2.38. The SMILES string of the molecule is CC(N)CCC(=O)N1CCN(C(C)c2ccc(Br)cc2)CC1.Cl.Cl. The number of amides is 1. The number of halogens is 3. The molecule has 4 nitrogen and oxygen atoms in total. The monoisotopic (exact) mass is 439 g/mol. The van der Waals surface area contributed by atoms with Gasteiger partial charge in [-0.15, -0.1) is 24.8 Å². The highest BCUT2D eigenvalue weighted by Crippen LogP contribution is 2.23. The van der Waals surface area contributed by atoms with Crippen molar-refractivity contribution >= 4 is 46.7 Å². The Balaban J connectivity index is 0.00000264. The van der Waals surface area contributed by atoms with Crippen LogP contribution < -0.4 is 5.73 Å². The molecule has 2 unspecified atom stereocenters. The van der Waals surface area contributed by atoms with Gasteiger partial charge in [0.2, 0.25) is 5.91 Å². The van der Waals surface area contributed by atoms with E-state index in [1.807, 2.05) is 11.8 Å². The zero-order chi connectivity index (χ0) is 16.1. The number of nitrogens with two attached hydrogens (primary N) is 1. The summed E-state index contributed by atoms with van der Waals surface area (Å²) in [5.41, 5.74) is 7.04. The summed E-state index contributed by atoms with van der Waals surface area (Å²) < 4.78 is 1.10. The molecule has 2 N–H and O–H groups in total. The normalized spacial score (nSPS) is 17.4. The summed E-state index contributed by atoms with van der Waals surface area (Å²) in [5, 5.41) is 0. The second-order valence-corrected chi connectivity index (χ2v) is 7.08. The van der Waals surface area contributed by atoms with Gasteiger partial charge in [-0.3, -0.25) is 9.69 Å². The summed E-state index contributed by atoms with van der Waals surface area (Å²) in [7, 11) is 0. The zero-order valence-electron chi connectivity index (χ0n) is 14.3. The van der Waals surface area contributed by atoms with Crippen molar-refractivity contribution < 1.29 is 4.79 Å². The van der Waals surface area contributed by atoms with Crippen LogP contribution in [-0.2, 0) is 4.79 Å². The van der Waals surface area contributed by atoms with Crippen LogP contribution in [0.2, 0.25) is 0 Å². The minimum absolute atomic E-state index is 0. The second kappa shape index (κ2) is 11.3. The maximum atomic E-state index is 12.1. The van der Waals surface area contributed by atoms with Crippen LogP contribution in [0.1, 0.15) is 38.3 Å². The number of hydrogen-bond acceptors (Lipinski definition) is 3. The highest BCUT2D eigenvalue weighted by atomic mass is 79.9. The number of carbonyl (C=O) groups is 1. The molecule has 1 aromatic rings. The molecule has 1 aromatic carbocycles. The van der Waals surface area contributed by atoms with Crippen LogP contribution in [0.15, 0.2) is 28.7 Å². The lowest BCUT2D eigenvalue weighted by atomic mass is 10.1. The fraction of sp³-hybridized carbons (Fsp3) is 0.588. The molecule has 0 aliphatic carbocycles. The third kappa shape index (κ3) is 6.89. The standard InChI is InChI=1S/C17H26BrN3O.2ClH/c1-13(19)3-8-17(22)21-11-9-20(10-12-21)14(2)15-4-6-16(18)7-5-15;;/h4-7,13-14H,3,8-12,19H2,1-2H3;2*1H. The Hall–Kier alpha value is -0.330. The molecule has 7 heteroatoms. The number of benzene rings is 1. The first-order valence-corrected chi connectivity index (χ1v) is 8.79. The van der Waals surface area contributed by atoms with Gasteiger partial charge in [-0.1, -0.05) is 28.1 Å². The summed E-state index contributed by atoms with van der Waals surface area (Å²) in [5.74, 6) is 0.244. The Morgan fingerprint density at radius 1 is 1.12 bits per heavy atom. The third-order valence-corrected chi connectivity index (χ3v) is 4.91. The number of nitrogens with zero attached hydrogens (tertiary/aromatic N) is 2. The van der Waals surface area contributed by atoms with Crippen LogP contribution >= 0.6 is 40.7 Å². The van der Waals surface area contributed by atoms with Crippen LogP contribution in [0.3, 0.4) is 0 Å². The second-order valence-electron chi connectivity index (χ2n) is 6.16. The van der Waals surface area contributed by atoms with E-state index in [0.29, 0.717) is 12.5 Å². The average Bonchev–Trinajstić information content (AvgIpc) is 2.53. The minimum atomic E-state index is 0. The lowest BCUT2D eigenvalue weighted by Crippen LogP contribution is -2.49. The van der Waals surface area contributed by atoms with Gasteiger partial charge >= 0.3 is 0 Å². The summed E-state index contributed by atoms with van der Waals surface area (Å²) >= 11 is 3.47. The van der Waals surface area contributed by atoms with Crippen LogP contribution in [0.5, 0.6) is 0 Å². The lowest BCUT2D eigenvalue weighted by molar-refractivity contribution is -0.133. The van der Waals surface area contributed by atoms with Gasteiger partial charge in [0.15, 0.2) is 0 Å².